The maximum Gasteiger partial charge on any atom is 0.315 e. The van der Waals surface area contributed by atoms with E-state index >= 15 is 0 Å². The molecule has 0 spiro atoms. The molecule has 1 aliphatic rings. The predicted molar refractivity (Wildman–Crippen MR) is 90.7 cm³/mol. The maximum atomic E-state index is 11.9. The van der Waals surface area contributed by atoms with Gasteiger partial charge in [-0.25, -0.2) is 4.79 Å². The predicted octanol–water partition coefficient (Wildman–Crippen LogP) is 2.48. The molecule has 2 amide bonds. The summed E-state index contributed by atoms with van der Waals surface area (Å²) in [4.78, 5) is 11.9. The average Bonchev–Trinajstić information content (AvgIpc) is 2.59. The van der Waals surface area contributed by atoms with Gasteiger partial charge in [-0.1, -0.05) is 12.1 Å². The summed E-state index contributed by atoms with van der Waals surface area (Å²) in [5.41, 5.74) is 1.22. The van der Waals surface area contributed by atoms with Gasteiger partial charge in [0.15, 0.2) is 0 Å². The van der Waals surface area contributed by atoms with E-state index in [-0.39, 0.29) is 18.7 Å². The molecule has 2 rings (SSSR count). The lowest BCUT2D eigenvalue weighted by Crippen LogP contribution is -2.44. The van der Waals surface area contributed by atoms with Crippen molar-refractivity contribution >= 4 is 6.03 Å². The van der Waals surface area contributed by atoms with Crippen molar-refractivity contribution in [1.29, 1.82) is 0 Å². The lowest BCUT2D eigenvalue weighted by atomic mass is 9.87. The molecule has 5 heteroatoms. The third kappa shape index (κ3) is 6.10. The van der Waals surface area contributed by atoms with Crippen LogP contribution in [0.3, 0.4) is 0 Å². The topological polar surface area (TPSA) is 70.6 Å². The Hall–Kier alpha value is -1.75. The molecule has 3 N–H and O–H groups in total. The third-order valence-corrected chi connectivity index (χ3v) is 4.50. The van der Waals surface area contributed by atoms with E-state index in [4.69, 9.17) is 9.84 Å². The van der Waals surface area contributed by atoms with Crippen LogP contribution in [-0.4, -0.2) is 37.4 Å². The minimum absolute atomic E-state index is 0.0805. The zero-order valence-electron chi connectivity index (χ0n) is 13.9. The molecule has 23 heavy (non-hydrogen) atoms. The molecule has 1 fully saturated rings. The first kappa shape index (κ1) is 17.6. The molecule has 128 valence electrons. The molecule has 0 heterocycles. The van der Waals surface area contributed by atoms with E-state index in [1.807, 2.05) is 18.2 Å². The summed E-state index contributed by atoms with van der Waals surface area (Å²) >= 11 is 0. The third-order valence-electron chi connectivity index (χ3n) is 4.50. The SMILES string of the molecule is COc1cccc(CCCNC(=O)NC2CCC(CO)CC2)c1. The fraction of sp³-hybridized carbons (Fsp3) is 0.611. The van der Waals surface area contributed by atoms with Gasteiger partial charge < -0.3 is 20.5 Å². The number of carbonyl (C=O) groups is 1. The van der Waals surface area contributed by atoms with Gasteiger partial charge in [0.05, 0.1) is 7.11 Å². The first-order valence-corrected chi connectivity index (χ1v) is 8.49. The summed E-state index contributed by atoms with van der Waals surface area (Å²) < 4.78 is 5.20. The van der Waals surface area contributed by atoms with Crippen molar-refractivity contribution in [3.8, 4) is 5.75 Å². The van der Waals surface area contributed by atoms with Gasteiger partial charge in [-0.15, -0.1) is 0 Å². The summed E-state index contributed by atoms with van der Waals surface area (Å²) in [6.45, 7) is 0.929. The number of amides is 2. The number of ether oxygens (including phenoxy) is 1. The molecular weight excluding hydrogens is 292 g/mol. The average molecular weight is 320 g/mol. The van der Waals surface area contributed by atoms with Crippen LogP contribution in [0.25, 0.3) is 0 Å². The van der Waals surface area contributed by atoms with Gasteiger partial charge in [-0.05, 0) is 62.1 Å². The highest BCUT2D eigenvalue weighted by Crippen LogP contribution is 2.23. The number of rotatable bonds is 7. The first-order chi connectivity index (χ1) is 11.2. The number of benzene rings is 1. The highest BCUT2D eigenvalue weighted by molar-refractivity contribution is 5.74. The number of aliphatic hydroxyl groups excluding tert-OH is 1. The zero-order valence-corrected chi connectivity index (χ0v) is 13.9. The van der Waals surface area contributed by atoms with Crippen molar-refractivity contribution in [3.05, 3.63) is 29.8 Å². The number of carbonyl (C=O) groups excluding carboxylic acids is 1. The van der Waals surface area contributed by atoms with Crippen LogP contribution in [0.5, 0.6) is 5.75 Å². The minimum Gasteiger partial charge on any atom is -0.497 e. The Morgan fingerprint density at radius 2 is 2.09 bits per heavy atom. The maximum absolute atomic E-state index is 11.9. The Balaban J connectivity index is 1.59. The Morgan fingerprint density at radius 3 is 2.78 bits per heavy atom. The molecule has 0 radical (unpaired) electrons. The largest absolute Gasteiger partial charge is 0.497 e. The molecule has 1 aromatic carbocycles. The number of urea groups is 1. The van der Waals surface area contributed by atoms with Crippen LogP contribution >= 0.6 is 0 Å². The fourth-order valence-electron chi connectivity index (χ4n) is 3.05. The van der Waals surface area contributed by atoms with Crippen molar-refractivity contribution < 1.29 is 14.6 Å². The Labute approximate surface area is 138 Å². The van der Waals surface area contributed by atoms with Gasteiger partial charge in [0, 0.05) is 19.2 Å². The van der Waals surface area contributed by atoms with Crippen LogP contribution in [0.2, 0.25) is 0 Å². The summed E-state index contributed by atoms with van der Waals surface area (Å²) in [6, 6.07) is 8.18. The van der Waals surface area contributed by atoms with Gasteiger partial charge in [-0.3, -0.25) is 0 Å². The van der Waals surface area contributed by atoms with Crippen molar-refractivity contribution in [1.82, 2.24) is 10.6 Å². The van der Waals surface area contributed by atoms with Crippen LogP contribution in [0, 0.1) is 5.92 Å². The first-order valence-electron chi connectivity index (χ1n) is 8.49. The Bertz CT molecular complexity index is 485. The van der Waals surface area contributed by atoms with Crippen LogP contribution in [0.1, 0.15) is 37.7 Å². The van der Waals surface area contributed by atoms with Crippen LogP contribution < -0.4 is 15.4 Å². The highest BCUT2D eigenvalue weighted by atomic mass is 16.5. The second kappa shape index (κ2) is 9.40. The molecule has 5 nitrogen and oxygen atoms in total. The van der Waals surface area contributed by atoms with E-state index in [1.54, 1.807) is 7.11 Å². The van der Waals surface area contributed by atoms with Gasteiger partial charge in [0.1, 0.15) is 5.75 Å². The number of methoxy groups -OCH3 is 1. The number of nitrogens with one attached hydrogen (secondary N) is 2. The normalized spacial score (nSPS) is 20.8. The van der Waals surface area contributed by atoms with Gasteiger partial charge in [-0.2, -0.15) is 0 Å². The summed E-state index contributed by atoms with van der Waals surface area (Å²) in [5.74, 6) is 1.28. The molecule has 0 unspecified atom stereocenters. The summed E-state index contributed by atoms with van der Waals surface area (Å²) in [7, 11) is 1.67. The van der Waals surface area contributed by atoms with E-state index in [9.17, 15) is 4.79 Å². The Kier molecular flexibility index (Phi) is 7.20. The number of hydrogen-bond donors (Lipinski definition) is 3. The van der Waals surface area contributed by atoms with Crippen molar-refractivity contribution in [2.24, 2.45) is 5.92 Å². The smallest absolute Gasteiger partial charge is 0.315 e. The molecule has 0 saturated heterocycles. The zero-order chi connectivity index (χ0) is 16.5. The van der Waals surface area contributed by atoms with E-state index < -0.39 is 0 Å². The summed E-state index contributed by atoms with van der Waals surface area (Å²) in [5, 5.41) is 15.1. The Morgan fingerprint density at radius 1 is 1.30 bits per heavy atom. The quantitative estimate of drug-likeness (QED) is 0.676. The minimum atomic E-state index is -0.0805. The van der Waals surface area contributed by atoms with E-state index in [1.165, 1.54) is 5.56 Å². The van der Waals surface area contributed by atoms with E-state index in [2.05, 4.69) is 16.7 Å². The van der Waals surface area contributed by atoms with Crippen LogP contribution in [0.4, 0.5) is 4.79 Å². The molecule has 0 aliphatic heterocycles. The second-order valence-electron chi connectivity index (χ2n) is 6.26. The lowest BCUT2D eigenvalue weighted by molar-refractivity contribution is 0.174. The monoisotopic (exact) mass is 320 g/mol. The molecule has 1 aliphatic carbocycles. The van der Waals surface area contributed by atoms with Gasteiger partial charge in [0.2, 0.25) is 0 Å². The van der Waals surface area contributed by atoms with Crippen LogP contribution in [0.15, 0.2) is 24.3 Å². The van der Waals surface area contributed by atoms with Crippen molar-refractivity contribution in [2.75, 3.05) is 20.3 Å². The molecule has 1 saturated carbocycles. The molecule has 0 bridgehead atoms. The second-order valence-corrected chi connectivity index (χ2v) is 6.26. The number of aliphatic hydroxyl groups is 1. The summed E-state index contributed by atoms with van der Waals surface area (Å²) in [6.07, 6.45) is 5.73. The van der Waals surface area contributed by atoms with E-state index in [0.29, 0.717) is 12.5 Å². The highest BCUT2D eigenvalue weighted by Gasteiger charge is 2.21. The standard InChI is InChI=1S/C18H28N2O3/c1-23-17-6-2-4-14(12-17)5-3-11-19-18(22)20-16-9-7-15(13-21)8-10-16/h2,4,6,12,15-16,21H,3,5,7-11,13H2,1H3,(H2,19,20,22). The number of aryl methyl sites for hydroxylation is 1. The molecular formula is C18H28N2O3. The van der Waals surface area contributed by atoms with E-state index in [0.717, 1.165) is 44.3 Å². The van der Waals surface area contributed by atoms with Gasteiger partial charge >= 0.3 is 6.03 Å². The fourth-order valence-corrected chi connectivity index (χ4v) is 3.05. The molecule has 1 aromatic rings. The number of hydrogen-bond acceptors (Lipinski definition) is 3. The van der Waals surface area contributed by atoms with Crippen molar-refractivity contribution in [2.45, 2.75) is 44.6 Å². The van der Waals surface area contributed by atoms with Crippen LogP contribution in [-0.2, 0) is 6.42 Å². The lowest BCUT2D eigenvalue weighted by Gasteiger charge is -2.27. The van der Waals surface area contributed by atoms with Gasteiger partial charge in [0.25, 0.3) is 0 Å². The molecule has 0 atom stereocenters. The molecule has 0 aromatic heterocycles. The van der Waals surface area contributed by atoms with Crippen molar-refractivity contribution in [3.63, 3.8) is 0 Å².